The Morgan fingerprint density at radius 3 is 2.31 bits per heavy atom. The van der Waals surface area contributed by atoms with Crippen LogP contribution in [0.2, 0.25) is 0 Å². The lowest BCUT2D eigenvalue weighted by Gasteiger charge is -2.09. The lowest BCUT2D eigenvalue weighted by molar-refractivity contribution is -0.0610. The zero-order valence-electron chi connectivity index (χ0n) is 7.91. The summed E-state index contributed by atoms with van der Waals surface area (Å²) in [7, 11) is 1.37. The van der Waals surface area contributed by atoms with Crippen molar-refractivity contribution in [2.45, 2.75) is 38.8 Å². The van der Waals surface area contributed by atoms with Crippen LogP contribution in [-0.2, 0) is 0 Å². The molecular weight excluding hydrogens is 181 g/mol. The van der Waals surface area contributed by atoms with Gasteiger partial charge in [0.2, 0.25) is 0 Å². The normalized spacial score (nSPS) is 13.2. The van der Waals surface area contributed by atoms with Crippen molar-refractivity contribution in [2.24, 2.45) is 5.10 Å². The first-order valence-corrected chi connectivity index (χ1v) is 4.32. The van der Waals surface area contributed by atoms with Gasteiger partial charge < -0.3 is 5.43 Å². The number of hydrogen-bond donors (Lipinski definition) is 1. The minimum Gasteiger partial charge on any atom is -0.313 e. The second kappa shape index (κ2) is 5.83. The molecule has 0 spiro atoms. The van der Waals surface area contributed by atoms with Gasteiger partial charge in [0, 0.05) is 7.05 Å². The Hall–Kier alpha value is -0.740. The maximum Gasteiger partial charge on any atom is 0.431 e. The molecule has 2 nitrogen and oxygen atoms in total. The first kappa shape index (κ1) is 12.3. The van der Waals surface area contributed by atoms with E-state index < -0.39 is 11.9 Å². The quantitative estimate of drug-likeness (QED) is 0.408. The molecule has 0 aliphatic rings. The van der Waals surface area contributed by atoms with Crippen LogP contribution in [0.1, 0.15) is 32.6 Å². The van der Waals surface area contributed by atoms with E-state index in [4.69, 9.17) is 0 Å². The molecule has 0 rings (SSSR count). The van der Waals surface area contributed by atoms with E-state index in [0.29, 0.717) is 6.42 Å². The third-order valence-corrected chi connectivity index (χ3v) is 1.59. The molecule has 0 aliphatic carbocycles. The Morgan fingerprint density at radius 2 is 1.92 bits per heavy atom. The maximum absolute atomic E-state index is 12.2. The molecule has 78 valence electrons. The average Bonchev–Trinajstić information content (AvgIpc) is 2.01. The Morgan fingerprint density at radius 1 is 1.31 bits per heavy atom. The standard InChI is InChI=1S/C8H15F3N2/c1-3-4-5-6-7(13-12-2)8(9,10)11/h12H,3-6H2,1-2H3/b13-7-. The van der Waals surface area contributed by atoms with Crippen LogP contribution >= 0.6 is 0 Å². The molecule has 0 radical (unpaired) electrons. The van der Waals surface area contributed by atoms with Crippen molar-refractivity contribution in [2.75, 3.05) is 7.05 Å². The van der Waals surface area contributed by atoms with Crippen molar-refractivity contribution >= 4 is 5.71 Å². The number of nitrogens with zero attached hydrogens (tertiary/aromatic N) is 1. The summed E-state index contributed by atoms with van der Waals surface area (Å²) in [6, 6.07) is 0. The lowest BCUT2D eigenvalue weighted by Crippen LogP contribution is -2.25. The number of rotatable bonds is 5. The molecule has 0 amide bonds. The van der Waals surface area contributed by atoms with E-state index in [0.717, 1.165) is 12.8 Å². The van der Waals surface area contributed by atoms with Crippen molar-refractivity contribution in [3.63, 3.8) is 0 Å². The minimum atomic E-state index is -4.29. The van der Waals surface area contributed by atoms with E-state index in [1.54, 1.807) is 0 Å². The first-order valence-electron chi connectivity index (χ1n) is 4.32. The van der Waals surface area contributed by atoms with Gasteiger partial charge in [-0.15, -0.1) is 0 Å². The number of halogens is 3. The van der Waals surface area contributed by atoms with E-state index in [2.05, 4.69) is 10.5 Å². The molecule has 13 heavy (non-hydrogen) atoms. The van der Waals surface area contributed by atoms with Crippen LogP contribution in [0.4, 0.5) is 13.2 Å². The minimum absolute atomic E-state index is 0.00181. The van der Waals surface area contributed by atoms with Gasteiger partial charge in [-0.1, -0.05) is 19.8 Å². The van der Waals surface area contributed by atoms with Gasteiger partial charge in [-0.3, -0.25) is 0 Å². The van der Waals surface area contributed by atoms with Crippen LogP contribution < -0.4 is 5.43 Å². The summed E-state index contributed by atoms with van der Waals surface area (Å²) in [6.07, 6.45) is -2.05. The van der Waals surface area contributed by atoms with Gasteiger partial charge in [0.05, 0.1) is 0 Å². The van der Waals surface area contributed by atoms with Crippen LogP contribution in [0.3, 0.4) is 0 Å². The number of nitrogens with one attached hydrogen (secondary N) is 1. The third-order valence-electron chi connectivity index (χ3n) is 1.59. The van der Waals surface area contributed by atoms with Gasteiger partial charge in [-0.25, -0.2) is 0 Å². The van der Waals surface area contributed by atoms with Gasteiger partial charge in [0.15, 0.2) is 0 Å². The van der Waals surface area contributed by atoms with Gasteiger partial charge in [0.1, 0.15) is 5.71 Å². The Bertz CT molecular complexity index is 163. The molecular formula is C8H15F3N2. The monoisotopic (exact) mass is 196 g/mol. The summed E-state index contributed by atoms with van der Waals surface area (Å²) >= 11 is 0. The van der Waals surface area contributed by atoms with Gasteiger partial charge in [0.25, 0.3) is 0 Å². The SMILES string of the molecule is CCCCC/C(=N/NC)C(F)(F)F. The number of alkyl halides is 3. The molecule has 0 aliphatic heterocycles. The molecule has 0 bridgehead atoms. The van der Waals surface area contributed by atoms with E-state index in [1.165, 1.54) is 7.05 Å². The number of hydrazone groups is 1. The largest absolute Gasteiger partial charge is 0.431 e. The van der Waals surface area contributed by atoms with Crippen LogP contribution in [0, 0.1) is 0 Å². The highest BCUT2D eigenvalue weighted by Gasteiger charge is 2.34. The molecule has 1 N–H and O–H groups in total. The highest BCUT2D eigenvalue weighted by atomic mass is 19.4. The molecule has 0 atom stereocenters. The van der Waals surface area contributed by atoms with Crippen LogP contribution in [0.25, 0.3) is 0 Å². The summed E-state index contributed by atoms with van der Waals surface area (Å²) in [4.78, 5) is 0. The average molecular weight is 196 g/mol. The van der Waals surface area contributed by atoms with Gasteiger partial charge in [-0.05, 0) is 12.8 Å². The molecule has 0 aromatic heterocycles. The number of hydrogen-bond acceptors (Lipinski definition) is 2. The van der Waals surface area contributed by atoms with Crippen LogP contribution in [0.5, 0.6) is 0 Å². The summed E-state index contributed by atoms with van der Waals surface area (Å²) in [5.74, 6) is 0. The fourth-order valence-corrected chi connectivity index (χ4v) is 0.938. The topological polar surface area (TPSA) is 24.4 Å². The van der Waals surface area contributed by atoms with Crippen molar-refractivity contribution in [1.82, 2.24) is 5.43 Å². The molecule has 0 fully saturated rings. The second-order valence-corrected chi connectivity index (χ2v) is 2.74. The van der Waals surface area contributed by atoms with Crippen molar-refractivity contribution in [3.05, 3.63) is 0 Å². The fraction of sp³-hybridized carbons (Fsp3) is 0.875. The third kappa shape index (κ3) is 5.49. The maximum atomic E-state index is 12.2. The highest BCUT2D eigenvalue weighted by molar-refractivity contribution is 5.89. The molecule has 0 aromatic carbocycles. The van der Waals surface area contributed by atoms with Crippen LogP contribution in [-0.4, -0.2) is 18.9 Å². The lowest BCUT2D eigenvalue weighted by atomic mass is 10.1. The van der Waals surface area contributed by atoms with E-state index in [9.17, 15) is 13.2 Å². The smallest absolute Gasteiger partial charge is 0.313 e. The summed E-state index contributed by atoms with van der Waals surface area (Å²) in [6.45, 7) is 1.95. The Balaban J connectivity index is 4.05. The van der Waals surface area contributed by atoms with Gasteiger partial charge >= 0.3 is 6.18 Å². The van der Waals surface area contributed by atoms with E-state index >= 15 is 0 Å². The predicted octanol–water partition coefficient (Wildman–Crippen LogP) is 2.70. The zero-order valence-corrected chi connectivity index (χ0v) is 7.91. The summed E-state index contributed by atoms with van der Waals surface area (Å²) in [5.41, 5.74) is 1.45. The number of unbranched alkanes of at least 4 members (excludes halogenated alkanes) is 2. The molecule has 0 heterocycles. The molecule has 5 heteroatoms. The van der Waals surface area contributed by atoms with E-state index in [1.807, 2.05) is 6.92 Å². The molecule has 0 unspecified atom stereocenters. The highest BCUT2D eigenvalue weighted by Crippen LogP contribution is 2.20. The molecule has 0 saturated carbocycles. The van der Waals surface area contributed by atoms with Crippen molar-refractivity contribution < 1.29 is 13.2 Å². The molecule has 0 aromatic rings. The van der Waals surface area contributed by atoms with Crippen molar-refractivity contribution in [3.8, 4) is 0 Å². The molecule has 0 saturated heterocycles. The van der Waals surface area contributed by atoms with E-state index in [-0.39, 0.29) is 6.42 Å². The van der Waals surface area contributed by atoms with Crippen LogP contribution in [0.15, 0.2) is 5.10 Å². The summed E-state index contributed by atoms with van der Waals surface area (Å²) < 4.78 is 36.5. The Labute approximate surface area is 76.2 Å². The predicted molar refractivity (Wildman–Crippen MR) is 46.7 cm³/mol. The fourth-order valence-electron chi connectivity index (χ4n) is 0.938. The first-order chi connectivity index (χ1) is 6.02. The van der Waals surface area contributed by atoms with Gasteiger partial charge in [-0.2, -0.15) is 18.3 Å². The van der Waals surface area contributed by atoms with Crippen molar-refractivity contribution in [1.29, 1.82) is 0 Å². The second-order valence-electron chi connectivity index (χ2n) is 2.74. The Kier molecular flexibility index (Phi) is 5.50. The zero-order chi connectivity index (χ0) is 10.3. The summed E-state index contributed by atoms with van der Waals surface area (Å²) in [5, 5.41) is 3.21.